The van der Waals surface area contributed by atoms with Crippen LogP contribution in [-0.4, -0.2) is 48.5 Å². The quantitative estimate of drug-likeness (QED) is 0.199. The van der Waals surface area contributed by atoms with E-state index in [1.807, 2.05) is 12.1 Å². The summed E-state index contributed by atoms with van der Waals surface area (Å²) in [6, 6.07) is 19.1. The minimum atomic E-state index is -0.561. The van der Waals surface area contributed by atoms with E-state index in [1.54, 1.807) is 24.3 Å². The number of phenolic OH excluding ortho intramolecular Hbond substituents is 2. The molecule has 0 radical (unpaired) electrons. The Hall–Kier alpha value is -3.71. The highest BCUT2D eigenvalue weighted by molar-refractivity contribution is 5.89. The molecule has 0 fully saturated rings. The number of ether oxygens (including phenoxy) is 2. The van der Waals surface area contributed by atoms with Crippen LogP contribution in [0.4, 0.5) is 5.69 Å². The summed E-state index contributed by atoms with van der Waals surface area (Å²) in [5.41, 5.74) is 3.97. The topological polar surface area (TPSA) is 100 Å². The van der Waals surface area contributed by atoms with Gasteiger partial charge in [-0.05, 0) is 49.2 Å². The predicted octanol–water partition coefficient (Wildman–Crippen LogP) is 4.02. The fraction of sp³-hybridized carbons (Fsp3) is 0.269. The van der Waals surface area contributed by atoms with Crippen molar-refractivity contribution in [2.75, 3.05) is 31.6 Å². The Morgan fingerprint density at radius 3 is 2.33 bits per heavy atom. The monoisotopic (exact) mass is 450 g/mol. The summed E-state index contributed by atoms with van der Waals surface area (Å²) in [6.07, 6.45) is -0.561. The molecule has 0 aliphatic rings. The summed E-state index contributed by atoms with van der Waals surface area (Å²) in [5.74, 6) is -0.579. The molecule has 3 rings (SSSR count). The number of nitrogens with one attached hydrogen (secondary N) is 2. The summed E-state index contributed by atoms with van der Waals surface area (Å²) in [6.45, 7) is 5.97. The molecule has 0 heterocycles. The first-order valence-corrected chi connectivity index (χ1v) is 10.9. The molecule has 33 heavy (non-hydrogen) atoms. The Morgan fingerprint density at radius 1 is 0.909 bits per heavy atom. The molecule has 7 nitrogen and oxygen atoms in total. The Balaban J connectivity index is 1.55. The van der Waals surface area contributed by atoms with Gasteiger partial charge in [-0.15, -0.1) is 0 Å². The number of phenols is 2. The van der Waals surface area contributed by atoms with Crippen molar-refractivity contribution in [3.05, 3.63) is 83.4 Å². The Labute approximate surface area is 194 Å². The van der Waals surface area contributed by atoms with Gasteiger partial charge in [0.15, 0.2) is 11.5 Å². The molecule has 4 N–H and O–H groups in total. The van der Waals surface area contributed by atoms with Crippen LogP contribution in [0.1, 0.15) is 21.5 Å². The van der Waals surface area contributed by atoms with Crippen LogP contribution in [-0.2, 0) is 4.74 Å². The first kappa shape index (κ1) is 23.9. The van der Waals surface area contributed by atoms with Gasteiger partial charge in [-0.1, -0.05) is 36.4 Å². The average molecular weight is 451 g/mol. The lowest BCUT2D eigenvalue weighted by Crippen LogP contribution is -2.37. The molecule has 0 aliphatic heterocycles. The van der Waals surface area contributed by atoms with Crippen molar-refractivity contribution >= 4 is 11.7 Å². The van der Waals surface area contributed by atoms with Crippen LogP contribution in [0.2, 0.25) is 0 Å². The fourth-order valence-electron chi connectivity index (χ4n) is 3.34. The van der Waals surface area contributed by atoms with Crippen LogP contribution in [0.5, 0.6) is 17.2 Å². The van der Waals surface area contributed by atoms with E-state index < -0.39 is 12.1 Å². The van der Waals surface area contributed by atoms with E-state index in [-0.39, 0.29) is 18.1 Å². The molecule has 0 saturated carbocycles. The van der Waals surface area contributed by atoms with E-state index in [9.17, 15) is 15.0 Å². The highest BCUT2D eigenvalue weighted by Crippen LogP contribution is 2.28. The molecule has 174 valence electrons. The molecule has 7 heteroatoms. The lowest BCUT2D eigenvalue weighted by Gasteiger charge is -2.20. The third-order valence-corrected chi connectivity index (χ3v) is 5.12. The van der Waals surface area contributed by atoms with Gasteiger partial charge in [0.25, 0.3) is 0 Å². The van der Waals surface area contributed by atoms with E-state index in [4.69, 9.17) is 9.47 Å². The van der Waals surface area contributed by atoms with Gasteiger partial charge < -0.3 is 30.3 Å². The average Bonchev–Trinajstić information content (AvgIpc) is 2.81. The minimum Gasteiger partial charge on any atom is -0.504 e. The molecular formula is C26H30N2O5. The van der Waals surface area contributed by atoms with Gasteiger partial charge in [0.05, 0.1) is 5.56 Å². The number of hydrogen-bond acceptors (Lipinski definition) is 7. The Morgan fingerprint density at radius 2 is 1.64 bits per heavy atom. The molecule has 0 spiro atoms. The highest BCUT2D eigenvalue weighted by atomic mass is 16.6. The third-order valence-electron chi connectivity index (χ3n) is 5.12. The second kappa shape index (κ2) is 11.8. The lowest BCUT2D eigenvalue weighted by molar-refractivity contribution is 0.0178. The van der Waals surface area contributed by atoms with Crippen LogP contribution >= 0.6 is 0 Å². The van der Waals surface area contributed by atoms with E-state index >= 15 is 0 Å². The maximum absolute atomic E-state index is 12.5. The van der Waals surface area contributed by atoms with Crippen molar-refractivity contribution in [3.63, 3.8) is 0 Å². The molecule has 0 aliphatic carbocycles. The van der Waals surface area contributed by atoms with Crippen molar-refractivity contribution in [1.82, 2.24) is 5.32 Å². The van der Waals surface area contributed by atoms with E-state index in [2.05, 4.69) is 36.6 Å². The lowest BCUT2D eigenvalue weighted by atomic mass is 10.1. The summed E-state index contributed by atoms with van der Waals surface area (Å²) in [4.78, 5) is 12.5. The van der Waals surface area contributed by atoms with Crippen molar-refractivity contribution in [3.8, 4) is 17.2 Å². The van der Waals surface area contributed by atoms with Gasteiger partial charge in [0.1, 0.15) is 18.5 Å². The third kappa shape index (κ3) is 7.15. The summed E-state index contributed by atoms with van der Waals surface area (Å²) >= 11 is 0. The number of esters is 1. The van der Waals surface area contributed by atoms with Crippen molar-refractivity contribution in [2.45, 2.75) is 20.0 Å². The molecule has 0 amide bonds. The van der Waals surface area contributed by atoms with Gasteiger partial charge in [-0.25, -0.2) is 4.79 Å². The molecule has 3 aromatic rings. The first-order chi connectivity index (χ1) is 15.9. The molecule has 1 unspecified atom stereocenters. The first-order valence-electron chi connectivity index (χ1n) is 10.9. The molecule has 1 atom stereocenters. The van der Waals surface area contributed by atoms with Crippen LogP contribution in [0, 0.1) is 13.8 Å². The normalized spacial score (nSPS) is 11.6. The maximum atomic E-state index is 12.5. The minimum absolute atomic E-state index is 0.0835. The highest BCUT2D eigenvalue weighted by Gasteiger charge is 2.17. The van der Waals surface area contributed by atoms with Gasteiger partial charge >= 0.3 is 5.97 Å². The Kier molecular flexibility index (Phi) is 8.55. The number of rotatable bonds is 11. The fourth-order valence-corrected chi connectivity index (χ4v) is 3.34. The van der Waals surface area contributed by atoms with Crippen molar-refractivity contribution in [2.24, 2.45) is 0 Å². The summed E-state index contributed by atoms with van der Waals surface area (Å²) < 4.78 is 11.4. The van der Waals surface area contributed by atoms with Gasteiger partial charge in [0.2, 0.25) is 0 Å². The zero-order valence-corrected chi connectivity index (χ0v) is 18.9. The number of aromatic hydroxyl groups is 2. The van der Waals surface area contributed by atoms with Crippen molar-refractivity contribution < 1.29 is 24.5 Å². The zero-order valence-electron chi connectivity index (χ0n) is 18.9. The molecule has 0 aromatic heterocycles. The van der Waals surface area contributed by atoms with Crippen LogP contribution in [0.3, 0.4) is 0 Å². The maximum Gasteiger partial charge on any atom is 0.338 e. The number of benzene rings is 3. The number of carbonyl (C=O) groups excluding carboxylic acids is 1. The summed E-state index contributed by atoms with van der Waals surface area (Å²) in [5, 5.41) is 25.9. The standard InChI is InChI=1S/C26H30N2O5/c1-18-7-6-8-19(2)25(18)28-14-13-27-16-22(33-26(31)20-9-4-3-5-10-20)17-32-21-11-12-23(29)24(30)15-21/h3-12,15,22,27-30H,13-14,16-17H2,1-2H3. The smallest absolute Gasteiger partial charge is 0.338 e. The molecule has 0 saturated heterocycles. The van der Waals surface area contributed by atoms with E-state index in [1.165, 1.54) is 29.3 Å². The predicted molar refractivity (Wildman–Crippen MR) is 128 cm³/mol. The second-order valence-corrected chi connectivity index (χ2v) is 7.75. The number of anilines is 1. The molecule has 0 bridgehead atoms. The number of aryl methyl sites for hydroxylation is 2. The van der Waals surface area contributed by atoms with Gasteiger partial charge in [-0.2, -0.15) is 0 Å². The van der Waals surface area contributed by atoms with Crippen LogP contribution < -0.4 is 15.4 Å². The Bertz CT molecular complexity index is 1040. The van der Waals surface area contributed by atoms with Crippen LogP contribution in [0.15, 0.2) is 66.7 Å². The number of carbonyl (C=O) groups is 1. The zero-order chi connectivity index (χ0) is 23.6. The van der Waals surface area contributed by atoms with E-state index in [0.717, 1.165) is 5.69 Å². The number of hydrogen-bond donors (Lipinski definition) is 4. The van der Waals surface area contributed by atoms with Gasteiger partial charge in [0, 0.05) is 31.4 Å². The summed E-state index contributed by atoms with van der Waals surface area (Å²) in [7, 11) is 0. The molecule has 3 aromatic carbocycles. The van der Waals surface area contributed by atoms with Crippen molar-refractivity contribution in [1.29, 1.82) is 0 Å². The SMILES string of the molecule is Cc1cccc(C)c1NCCNCC(COc1ccc(O)c(O)c1)OC(=O)c1ccccc1. The largest absolute Gasteiger partial charge is 0.504 e. The van der Waals surface area contributed by atoms with E-state index in [0.29, 0.717) is 30.9 Å². The second-order valence-electron chi connectivity index (χ2n) is 7.75. The van der Waals surface area contributed by atoms with Gasteiger partial charge in [-0.3, -0.25) is 0 Å². The molecular weight excluding hydrogens is 420 g/mol. The van der Waals surface area contributed by atoms with Crippen LogP contribution in [0.25, 0.3) is 0 Å². The number of para-hydroxylation sites is 1.